The zero-order valence-corrected chi connectivity index (χ0v) is 12.1. The first-order valence-corrected chi connectivity index (χ1v) is 7.07. The van der Waals surface area contributed by atoms with Crippen molar-refractivity contribution in [3.8, 4) is 0 Å². The van der Waals surface area contributed by atoms with E-state index in [1.807, 2.05) is 25.7 Å². The standard InChI is InChI=1S/C14H28N2O2/c1-14(2,3)18-11-13(17)16(10-9-15)12-7-5-4-6-8-12/h12H,4-11,15H2,1-3H3. The number of nitrogens with two attached hydrogens (primary N) is 1. The maximum absolute atomic E-state index is 12.2. The van der Waals surface area contributed by atoms with E-state index >= 15 is 0 Å². The third-order valence-corrected chi connectivity index (χ3v) is 3.33. The molecule has 2 N–H and O–H groups in total. The second-order valence-corrected chi connectivity index (χ2v) is 6.07. The van der Waals surface area contributed by atoms with Gasteiger partial charge in [-0.25, -0.2) is 0 Å². The number of rotatable bonds is 5. The van der Waals surface area contributed by atoms with Crippen molar-refractivity contribution in [1.29, 1.82) is 0 Å². The van der Waals surface area contributed by atoms with E-state index in [-0.39, 0.29) is 18.1 Å². The van der Waals surface area contributed by atoms with Crippen LogP contribution in [0.4, 0.5) is 0 Å². The molecule has 1 aliphatic rings. The first-order chi connectivity index (χ1) is 8.44. The Bertz CT molecular complexity index is 255. The molecule has 0 radical (unpaired) electrons. The summed E-state index contributed by atoms with van der Waals surface area (Å²) in [4.78, 5) is 14.2. The molecule has 1 rings (SSSR count). The lowest BCUT2D eigenvalue weighted by molar-refractivity contribution is -0.143. The minimum absolute atomic E-state index is 0.0854. The van der Waals surface area contributed by atoms with Crippen LogP contribution < -0.4 is 5.73 Å². The van der Waals surface area contributed by atoms with E-state index in [4.69, 9.17) is 10.5 Å². The third kappa shape index (κ3) is 5.36. The van der Waals surface area contributed by atoms with Gasteiger partial charge in [0.05, 0.1) is 5.60 Å². The minimum atomic E-state index is -0.267. The van der Waals surface area contributed by atoms with Gasteiger partial charge in [-0.2, -0.15) is 0 Å². The van der Waals surface area contributed by atoms with E-state index in [0.29, 0.717) is 19.1 Å². The molecule has 1 saturated carbocycles. The van der Waals surface area contributed by atoms with Crippen LogP contribution in [-0.2, 0) is 9.53 Å². The Labute approximate surface area is 111 Å². The van der Waals surface area contributed by atoms with Crippen LogP contribution in [0.1, 0.15) is 52.9 Å². The molecule has 0 aromatic heterocycles. The molecule has 0 unspecified atom stereocenters. The van der Waals surface area contributed by atoms with Gasteiger partial charge in [-0.15, -0.1) is 0 Å². The SMILES string of the molecule is CC(C)(C)OCC(=O)N(CCN)C1CCCCC1. The van der Waals surface area contributed by atoms with E-state index < -0.39 is 0 Å². The van der Waals surface area contributed by atoms with Gasteiger partial charge in [-0.1, -0.05) is 19.3 Å². The van der Waals surface area contributed by atoms with Crippen LogP contribution in [0.5, 0.6) is 0 Å². The quantitative estimate of drug-likeness (QED) is 0.817. The summed E-state index contributed by atoms with van der Waals surface area (Å²) in [6.45, 7) is 7.24. The monoisotopic (exact) mass is 256 g/mol. The molecule has 4 heteroatoms. The summed E-state index contributed by atoms with van der Waals surface area (Å²) in [5.41, 5.74) is 5.35. The summed E-state index contributed by atoms with van der Waals surface area (Å²) in [5, 5.41) is 0. The highest BCUT2D eigenvalue weighted by Crippen LogP contribution is 2.22. The molecule has 0 aromatic rings. The van der Waals surface area contributed by atoms with Crippen molar-refractivity contribution in [2.75, 3.05) is 19.7 Å². The summed E-state index contributed by atoms with van der Waals surface area (Å²) >= 11 is 0. The fourth-order valence-corrected chi connectivity index (χ4v) is 2.40. The highest BCUT2D eigenvalue weighted by Gasteiger charge is 2.25. The van der Waals surface area contributed by atoms with E-state index in [1.165, 1.54) is 19.3 Å². The first kappa shape index (κ1) is 15.4. The summed E-state index contributed by atoms with van der Waals surface area (Å²) in [7, 11) is 0. The highest BCUT2D eigenvalue weighted by molar-refractivity contribution is 5.77. The molecule has 0 aliphatic heterocycles. The Morgan fingerprint density at radius 2 is 1.89 bits per heavy atom. The molecule has 0 heterocycles. The Morgan fingerprint density at radius 1 is 1.28 bits per heavy atom. The summed E-state index contributed by atoms with van der Waals surface area (Å²) in [5.74, 6) is 0.0854. The smallest absolute Gasteiger partial charge is 0.248 e. The van der Waals surface area contributed by atoms with Crippen LogP contribution in [0.15, 0.2) is 0 Å². The number of hydrogen-bond donors (Lipinski definition) is 1. The molecule has 106 valence electrons. The fraction of sp³-hybridized carbons (Fsp3) is 0.929. The van der Waals surface area contributed by atoms with Crippen LogP contribution in [0, 0.1) is 0 Å². The molecule has 1 amide bonds. The van der Waals surface area contributed by atoms with Crippen LogP contribution in [-0.4, -0.2) is 42.1 Å². The number of carbonyl (C=O) groups is 1. The van der Waals surface area contributed by atoms with Gasteiger partial charge in [0, 0.05) is 19.1 Å². The molecule has 0 spiro atoms. The topological polar surface area (TPSA) is 55.6 Å². The van der Waals surface area contributed by atoms with E-state index in [1.54, 1.807) is 0 Å². The Hall–Kier alpha value is -0.610. The highest BCUT2D eigenvalue weighted by atomic mass is 16.5. The number of hydrogen-bond acceptors (Lipinski definition) is 3. The van der Waals surface area contributed by atoms with Crippen molar-refractivity contribution in [1.82, 2.24) is 4.90 Å². The van der Waals surface area contributed by atoms with Gasteiger partial charge in [-0.3, -0.25) is 4.79 Å². The Kier molecular flexibility index (Phi) is 6.09. The van der Waals surface area contributed by atoms with Crippen LogP contribution in [0.25, 0.3) is 0 Å². The van der Waals surface area contributed by atoms with Crippen LogP contribution >= 0.6 is 0 Å². The average molecular weight is 256 g/mol. The maximum atomic E-state index is 12.2. The summed E-state index contributed by atoms with van der Waals surface area (Å²) in [6, 6.07) is 0.373. The van der Waals surface area contributed by atoms with Crippen molar-refractivity contribution >= 4 is 5.91 Å². The minimum Gasteiger partial charge on any atom is -0.366 e. The van der Waals surface area contributed by atoms with E-state index in [9.17, 15) is 4.79 Å². The Morgan fingerprint density at radius 3 is 2.39 bits per heavy atom. The zero-order chi connectivity index (χ0) is 13.6. The normalized spacial score (nSPS) is 17.8. The zero-order valence-electron chi connectivity index (χ0n) is 12.1. The van der Waals surface area contributed by atoms with Crippen LogP contribution in [0.2, 0.25) is 0 Å². The molecular formula is C14H28N2O2. The molecule has 0 aromatic carbocycles. The maximum Gasteiger partial charge on any atom is 0.248 e. The van der Waals surface area contributed by atoms with Gasteiger partial charge in [0.15, 0.2) is 0 Å². The second-order valence-electron chi connectivity index (χ2n) is 6.07. The molecule has 4 nitrogen and oxygen atoms in total. The van der Waals surface area contributed by atoms with Gasteiger partial charge in [0.2, 0.25) is 5.91 Å². The third-order valence-electron chi connectivity index (χ3n) is 3.33. The van der Waals surface area contributed by atoms with Crippen molar-refractivity contribution in [2.45, 2.75) is 64.5 Å². The van der Waals surface area contributed by atoms with Gasteiger partial charge in [0.1, 0.15) is 6.61 Å². The van der Waals surface area contributed by atoms with Gasteiger partial charge >= 0.3 is 0 Å². The lowest BCUT2D eigenvalue weighted by atomic mass is 9.94. The van der Waals surface area contributed by atoms with Crippen molar-refractivity contribution in [3.05, 3.63) is 0 Å². The summed E-state index contributed by atoms with van der Waals surface area (Å²) < 4.78 is 5.58. The average Bonchev–Trinajstić information content (AvgIpc) is 2.33. The molecule has 1 aliphatic carbocycles. The van der Waals surface area contributed by atoms with Crippen molar-refractivity contribution in [2.24, 2.45) is 5.73 Å². The van der Waals surface area contributed by atoms with Crippen molar-refractivity contribution < 1.29 is 9.53 Å². The molecular weight excluding hydrogens is 228 g/mol. The van der Waals surface area contributed by atoms with Crippen LogP contribution in [0.3, 0.4) is 0 Å². The largest absolute Gasteiger partial charge is 0.366 e. The second kappa shape index (κ2) is 7.10. The summed E-state index contributed by atoms with van der Waals surface area (Å²) in [6.07, 6.45) is 5.96. The van der Waals surface area contributed by atoms with E-state index in [0.717, 1.165) is 12.8 Å². The number of nitrogens with zero attached hydrogens (tertiary/aromatic N) is 1. The number of ether oxygens (including phenoxy) is 1. The molecule has 18 heavy (non-hydrogen) atoms. The van der Waals surface area contributed by atoms with Crippen molar-refractivity contribution in [3.63, 3.8) is 0 Å². The number of amides is 1. The predicted octanol–water partition coefficient (Wildman–Crippen LogP) is 1.92. The Balaban J connectivity index is 2.51. The number of carbonyl (C=O) groups excluding carboxylic acids is 1. The molecule has 0 saturated heterocycles. The molecule has 0 bridgehead atoms. The van der Waals surface area contributed by atoms with Gasteiger partial charge in [-0.05, 0) is 33.6 Å². The lowest BCUT2D eigenvalue weighted by Crippen LogP contribution is -2.46. The van der Waals surface area contributed by atoms with E-state index in [2.05, 4.69) is 0 Å². The first-order valence-electron chi connectivity index (χ1n) is 7.07. The van der Waals surface area contributed by atoms with Gasteiger partial charge < -0.3 is 15.4 Å². The molecule has 0 atom stereocenters. The molecule has 1 fully saturated rings. The van der Waals surface area contributed by atoms with Gasteiger partial charge in [0.25, 0.3) is 0 Å². The fourth-order valence-electron chi connectivity index (χ4n) is 2.40. The lowest BCUT2D eigenvalue weighted by Gasteiger charge is -2.34. The predicted molar refractivity (Wildman–Crippen MR) is 73.3 cm³/mol.